The lowest BCUT2D eigenvalue weighted by molar-refractivity contribution is 0.0459. The highest BCUT2D eigenvalue weighted by Crippen LogP contribution is 2.37. The van der Waals surface area contributed by atoms with Gasteiger partial charge < -0.3 is 9.80 Å². The Morgan fingerprint density at radius 3 is 1.10 bits per heavy atom. The Kier molecular flexibility index (Phi) is 10.9. The summed E-state index contributed by atoms with van der Waals surface area (Å²) < 4.78 is 0. The summed E-state index contributed by atoms with van der Waals surface area (Å²) in [5.74, 6) is 2.88. The zero-order chi connectivity index (χ0) is 23.2. The number of rotatable bonds is 0. The largest absolute Gasteiger partial charge is 0.306 e. The zero-order valence-electron chi connectivity index (χ0n) is 22.9. The van der Waals surface area contributed by atoms with E-state index < -0.39 is 0 Å². The van der Waals surface area contributed by atoms with Crippen LogP contribution in [0.15, 0.2) is 0 Å². The summed E-state index contributed by atoms with van der Waals surface area (Å²) in [7, 11) is 4.40. The Morgan fingerprint density at radius 2 is 0.833 bits per heavy atom. The third-order valence-corrected chi connectivity index (χ3v) is 8.06. The highest BCUT2D eigenvalue weighted by atomic mass is 15.2. The fraction of sp³-hybridized carbons (Fsp3) is 1.00. The van der Waals surface area contributed by atoms with Gasteiger partial charge in [-0.05, 0) is 86.9 Å². The van der Waals surface area contributed by atoms with Crippen molar-refractivity contribution in [3.05, 3.63) is 0 Å². The fourth-order valence-electron chi connectivity index (χ4n) is 5.09. The molecule has 1 saturated carbocycles. The maximum Gasteiger partial charge on any atom is 0.00240 e. The van der Waals surface area contributed by atoms with Crippen LogP contribution in [-0.4, -0.2) is 50.1 Å². The van der Waals surface area contributed by atoms with Gasteiger partial charge in [0.2, 0.25) is 0 Å². The summed E-state index contributed by atoms with van der Waals surface area (Å²) in [4.78, 5) is 4.80. The van der Waals surface area contributed by atoms with Gasteiger partial charge in [-0.3, -0.25) is 0 Å². The Morgan fingerprint density at radius 1 is 0.467 bits per heavy atom. The maximum atomic E-state index is 2.43. The van der Waals surface area contributed by atoms with Crippen molar-refractivity contribution in [1.82, 2.24) is 9.80 Å². The molecule has 0 bridgehead atoms. The molecule has 3 rings (SSSR count). The molecule has 0 unspecified atom stereocenters. The summed E-state index contributed by atoms with van der Waals surface area (Å²) >= 11 is 0. The molecular weight excluding hydrogens is 364 g/mol. The first-order valence-electron chi connectivity index (χ1n) is 13.0. The van der Waals surface area contributed by atoms with E-state index in [2.05, 4.69) is 86.2 Å². The van der Waals surface area contributed by atoms with Gasteiger partial charge in [0.1, 0.15) is 0 Å². The Balaban J connectivity index is 0.000000226. The molecule has 2 saturated heterocycles. The molecule has 0 aromatic heterocycles. The molecule has 3 fully saturated rings. The predicted molar refractivity (Wildman–Crippen MR) is 136 cm³/mol. The van der Waals surface area contributed by atoms with Gasteiger partial charge in [0, 0.05) is 13.1 Å². The van der Waals surface area contributed by atoms with Crippen molar-refractivity contribution in [3.8, 4) is 0 Å². The number of hydrogen-bond donors (Lipinski definition) is 0. The molecule has 2 aliphatic heterocycles. The second-order valence-electron chi connectivity index (χ2n) is 13.9. The SMILES string of the molecule is CC(C)(C)C1CCCCC1.CN1CC(C(C)(C)C)C1.CN1CCC(C(C)(C)C)CC1. The van der Waals surface area contributed by atoms with Gasteiger partial charge in [-0.25, -0.2) is 0 Å². The van der Waals surface area contributed by atoms with Gasteiger partial charge in [-0.2, -0.15) is 0 Å². The first kappa shape index (κ1) is 28.0. The molecule has 2 nitrogen and oxygen atoms in total. The van der Waals surface area contributed by atoms with Crippen molar-refractivity contribution in [2.24, 2.45) is 34.0 Å². The molecule has 0 radical (unpaired) electrons. The molecule has 0 amide bonds. The van der Waals surface area contributed by atoms with Gasteiger partial charge in [-0.1, -0.05) is 81.6 Å². The monoisotopic (exact) mass is 422 g/mol. The summed E-state index contributed by atoms with van der Waals surface area (Å²) in [5.41, 5.74) is 1.63. The van der Waals surface area contributed by atoms with Crippen molar-refractivity contribution in [2.45, 2.75) is 107 Å². The average Bonchev–Trinajstić information content (AvgIpc) is 2.59. The molecule has 0 spiro atoms. The second-order valence-corrected chi connectivity index (χ2v) is 13.9. The zero-order valence-corrected chi connectivity index (χ0v) is 22.9. The lowest BCUT2D eigenvalue weighted by Crippen LogP contribution is -2.49. The van der Waals surface area contributed by atoms with E-state index >= 15 is 0 Å². The van der Waals surface area contributed by atoms with Crippen LogP contribution in [0, 0.1) is 34.0 Å². The van der Waals surface area contributed by atoms with Crippen molar-refractivity contribution >= 4 is 0 Å². The van der Waals surface area contributed by atoms with E-state index in [1.54, 1.807) is 0 Å². The Bertz CT molecular complexity index is 443. The highest BCUT2D eigenvalue weighted by molar-refractivity contribution is 4.85. The lowest BCUT2D eigenvalue weighted by Gasteiger charge is -2.44. The van der Waals surface area contributed by atoms with Gasteiger partial charge in [0.05, 0.1) is 0 Å². The number of hydrogen-bond acceptors (Lipinski definition) is 2. The van der Waals surface area contributed by atoms with Crippen LogP contribution >= 0.6 is 0 Å². The smallest absolute Gasteiger partial charge is 0.00240 e. The molecule has 0 N–H and O–H groups in total. The van der Waals surface area contributed by atoms with E-state index in [4.69, 9.17) is 0 Å². The number of nitrogens with zero attached hydrogens (tertiary/aromatic N) is 2. The van der Waals surface area contributed by atoms with E-state index in [0.29, 0.717) is 16.2 Å². The summed E-state index contributed by atoms with van der Waals surface area (Å²) in [6.07, 6.45) is 10.2. The van der Waals surface area contributed by atoms with Crippen LogP contribution in [0.2, 0.25) is 0 Å². The molecule has 3 aliphatic rings. The average molecular weight is 423 g/mol. The molecule has 2 heteroatoms. The number of likely N-dealkylation sites (tertiary alicyclic amines) is 2. The third kappa shape index (κ3) is 10.5. The standard InChI is InChI=1S/C10H21N.C10H20.C8H17N/c1-10(2,3)9-5-7-11(4)8-6-9;1-10(2,3)9-7-5-4-6-8-9;1-8(2,3)7-5-9(4)6-7/h9H,5-8H2,1-4H3;9H,4-8H2,1-3H3;7H,5-6H2,1-4H3. The van der Waals surface area contributed by atoms with E-state index in [1.807, 2.05) is 0 Å². The second kappa shape index (κ2) is 11.7. The summed E-state index contributed by atoms with van der Waals surface area (Å²) in [6.45, 7) is 26.4. The normalized spacial score (nSPS) is 23.7. The maximum absolute atomic E-state index is 2.43. The van der Waals surface area contributed by atoms with Crippen LogP contribution in [0.1, 0.15) is 107 Å². The van der Waals surface area contributed by atoms with E-state index in [9.17, 15) is 0 Å². The van der Waals surface area contributed by atoms with Gasteiger partial charge in [0.25, 0.3) is 0 Å². The van der Waals surface area contributed by atoms with Crippen LogP contribution in [-0.2, 0) is 0 Å². The first-order valence-corrected chi connectivity index (χ1v) is 13.0. The third-order valence-electron chi connectivity index (χ3n) is 8.06. The molecule has 0 aromatic carbocycles. The first-order chi connectivity index (χ1) is 13.6. The summed E-state index contributed by atoms with van der Waals surface area (Å²) in [5, 5.41) is 0. The molecular formula is C28H58N2. The van der Waals surface area contributed by atoms with Crippen molar-refractivity contribution < 1.29 is 0 Å². The Labute approximate surface area is 191 Å². The molecule has 0 atom stereocenters. The molecule has 180 valence electrons. The van der Waals surface area contributed by atoms with E-state index in [0.717, 1.165) is 17.8 Å². The van der Waals surface area contributed by atoms with E-state index in [1.165, 1.54) is 71.1 Å². The van der Waals surface area contributed by atoms with E-state index in [-0.39, 0.29) is 0 Å². The minimum absolute atomic E-state index is 0.529. The minimum Gasteiger partial charge on any atom is -0.306 e. The summed E-state index contributed by atoms with van der Waals surface area (Å²) in [6, 6.07) is 0. The minimum atomic E-state index is 0.529. The lowest BCUT2D eigenvalue weighted by atomic mass is 9.72. The highest BCUT2D eigenvalue weighted by Gasteiger charge is 2.33. The van der Waals surface area contributed by atoms with Gasteiger partial charge in [0.15, 0.2) is 0 Å². The van der Waals surface area contributed by atoms with Crippen LogP contribution in [0.3, 0.4) is 0 Å². The van der Waals surface area contributed by atoms with Crippen molar-refractivity contribution in [3.63, 3.8) is 0 Å². The van der Waals surface area contributed by atoms with Crippen molar-refractivity contribution in [1.29, 1.82) is 0 Å². The number of piperidine rings is 1. The van der Waals surface area contributed by atoms with Gasteiger partial charge >= 0.3 is 0 Å². The quantitative estimate of drug-likeness (QED) is 0.397. The Hall–Kier alpha value is -0.0800. The van der Waals surface area contributed by atoms with Crippen LogP contribution < -0.4 is 0 Å². The van der Waals surface area contributed by atoms with Crippen LogP contribution in [0.25, 0.3) is 0 Å². The fourth-order valence-corrected chi connectivity index (χ4v) is 5.09. The van der Waals surface area contributed by atoms with Crippen molar-refractivity contribution in [2.75, 3.05) is 40.3 Å². The molecule has 2 heterocycles. The predicted octanol–water partition coefficient (Wildman–Crippen LogP) is 7.58. The van der Waals surface area contributed by atoms with Gasteiger partial charge in [-0.15, -0.1) is 0 Å². The molecule has 30 heavy (non-hydrogen) atoms. The van der Waals surface area contributed by atoms with Crippen LogP contribution in [0.4, 0.5) is 0 Å². The topological polar surface area (TPSA) is 6.48 Å². The van der Waals surface area contributed by atoms with Crippen LogP contribution in [0.5, 0.6) is 0 Å². The molecule has 1 aliphatic carbocycles. The molecule has 0 aromatic rings.